The van der Waals surface area contributed by atoms with Crippen molar-refractivity contribution < 1.29 is 9.84 Å². The molecular formula is C21H25NO2. The van der Waals surface area contributed by atoms with E-state index in [9.17, 15) is 5.11 Å². The molecule has 3 nitrogen and oxygen atoms in total. The van der Waals surface area contributed by atoms with Crippen LogP contribution in [0.1, 0.15) is 41.9 Å². The summed E-state index contributed by atoms with van der Waals surface area (Å²) >= 11 is 0. The summed E-state index contributed by atoms with van der Waals surface area (Å²) in [7, 11) is 0. The van der Waals surface area contributed by atoms with Gasteiger partial charge in [-0.15, -0.1) is 6.58 Å². The molecule has 1 aliphatic heterocycles. The summed E-state index contributed by atoms with van der Waals surface area (Å²) in [5.74, 6) is 0. The first kappa shape index (κ1) is 16.9. The van der Waals surface area contributed by atoms with Crippen molar-refractivity contribution in [2.24, 2.45) is 0 Å². The lowest BCUT2D eigenvalue weighted by atomic mass is 10.0. The van der Waals surface area contributed by atoms with Gasteiger partial charge in [0.2, 0.25) is 0 Å². The van der Waals surface area contributed by atoms with Crippen LogP contribution in [-0.2, 0) is 11.2 Å². The Morgan fingerprint density at radius 3 is 2.54 bits per heavy atom. The highest BCUT2D eigenvalue weighted by Gasteiger charge is 2.29. The third-order valence-corrected chi connectivity index (χ3v) is 4.52. The molecule has 24 heavy (non-hydrogen) atoms. The van der Waals surface area contributed by atoms with Gasteiger partial charge in [-0.2, -0.15) is 0 Å². The van der Waals surface area contributed by atoms with E-state index in [1.54, 1.807) is 0 Å². The number of aliphatic hydroxyl groups excluding tert-OH is 1. The van der Waals surface area contributed by atoms with E-state index in [0.29, 0.717) is 6.04 Å². The zero-order chi connectivity index (χ0) is 16.8. The molecule has 3 rings (SSSR count). The molecule has 0 aromatic heterocycles. The molecule has 126 valence electrons. The van der Waals surface area contributed by atoms with Gasteiger partial charge in [0.25, 0.3) is 0 Å². The Hall–Kier alpha value is -1.94. The van der Waals surface area contributed by atoms with Crippen LogP contribution >= 0.6 is 0 Å². The highest BCUT2D eigenvalue weighted by molar-refractivity contribution is 5.33. The van der Waals surface area contributed by atoms with Crippen molar-refractivity contribution >= 4 is 0 Å². The number of rotatable bonds is 8. The number of fused-ring (bicyclic) bond motifs is 1. The molecule has 1 heterocycles. The Morgan fingerprint density at radius 2 is 1.79 bits per heavy atom. The van der Waals surface area contributed by atoms with E-state index in [1.807, 2.05) is 36.4 Å². The molecule has 0 aliphatic carbocycles. The number of nitrogens with one attached hydrogen (secondary N) is 1. The van der Waals surface area contributed by atoms with Crippen LogP contribution in [0.15, 0.2) is 67.3 Å². The lowest BCUT2D eigenvalue weighted by molar-refractivity contribution is -0.122. The van der Waals surface area contributed by atoms with Crippen molar-refractivity contribution in [3.8, 4) is 0 Å². The van der Waals surface area contributed by atoms with Crippen LogP contribution in [-0.4, -0.2) is 17.7 Å². The van der Waals surface area contributed by atoms with Crippen molar-refractivity contribution in [3.05, 3.63) is 83.9 Å². The minimum Gasteiger partial charge on any atom is -0.364 e. The topological polar surface area (TPSA) is 41.5 Å². The van der Waals surface area contributed by atoms with Crippen LogP contribution in [0.4, 0.5) is 0 Å². The fourth-order valence-corrected chi connectivity index (χ4v) is 3.31. The molecule has 3 heteroatoms. The molecule has 0 spiro atoms. The fraction of sp³-hybridized carbons (Fsp3) is 0.333. The molecule has 2 aromatic carbocycles. The summed E-state index contributed by atoms with van der Waals surface area (Å²) < 4.78 is 5.69. The maximum Gasteiger partial charge on any atom is 0.182 e. The highest BCUT2D eigenvalue weighted by atomic mass is 16.6. The zero-order valence-corrected chi connectivity index (χ0v) is 13.9. The lowest BCUT2D eigenvalue weighted by Gasteiger charge is -2.19. The van der Waals surface area contributed by atoms with Gasteiger partial charge in [-0.1, -0.05) is 60.7 Å². The highest BCUT2D eigenvalue weighted by Crippen LogP contribution is 2.38. The zero-order valence-electron chi connectivity index (χ0n) is 13.9. The van der Waals surface area contributed by atoms with Crippen LogP contribution in [0.3, 0.4) is 0 Å². The molecule has 0 saturated carbocycles. The van der Waals surface area contributed by atoms with E-state index in [-0.39, 0.29) is 6.10 Å². The number of hydrogen-bond donors (Lipinski definition) is 2. The van der Waals surface area contributed by atoms with Crippen LogP contribution in [0.5, 0.6) is 0 Å². The molecule has 3 unspecified atom stereocenters. The maximum absolute atomic E-state index is 9.98. The summed E-state index contributed by atoms with van der Waals surface area (Å²) in [4.78, 5) is 0. The van der Waals surface area contributed by atoms with Gasteiger partial charge in [0.05, 0.1) is 6.10 Å². The van der Waals surface area contributed by atoms with Gasteiger partial charge in [0.15, 0.2) is 6.29 Å². The lowest BCUT2D eigenvalue weighted by Crippen LogP contribution is -2.32. The number of hydrogen-bond acceptors (Lipinski definition) is 3. The van der Waals surface area contributed by atoms with E-state index in [2.05, 4.69) is 36.2 Å². The Morgan fingerprint density at radius 1 is 1.08 bits per heavy atom. The molecule has 2 aromatic rings. The molecule has 0 bridgehead atoms. The van der Waals surface area contributed by atoms with E-state index in [4.69, 9.17) is 4.74 Å². The predicted octanol–water partition coefficient (Wildman–Crippen LogP) is 3.92. The monoisotopic (exact) mass is 323 g/mol. The molecule has 3 atom stereocenters. The minimum absolute atomic E-state index is 0.0372. The van der Waals surface area contributed by atoms with Crippen molar-refractivity contribution in [2.45, 2.75) is 37.7 Å². The Kier molecular flexibility index (Phi) is 5.81. The van der Waals surface area contributed by atoms with Gasteiger partial charge in [0.1, 0.15) is 0 Å². The summed E-state index contributed by atoms with van der Waals surface area (Å²) in [5.41, 5.74) is 3.33. The van der Waals surface area contributed by atoms with Crippen molar-refractivity contribution in [3.63, 3.8) is 0 Å². The van der Waals surface area contributed by atoms with Crippen molar-refractivity contribution in [2.75, 3.05) is 6.54 Å². The number of ether oxygens (including phenoxy) is 1. The van der Waals surface area contributed by atoms with Gasteiger partial charge in [-0.3, -0.25) is 0 Å². The predicted molar refractivity (Wildman–Crippen MR) is 96.6 cm³/mol. The normalized spacial score (nSPS) is 20.5. The third kappa shape index (κ3) is 4.12. The largest absolute Gasteiger partial charge is 0.364 e. The van der Waals surface area contributed by atoms with E-state index >= 15 is 0 Å². The van der Waals surface area contributed by atoms with Gasteiger partial charge >= 0.3 is 0 Å². The van der Waals surface area contributed by atoms with Crippen LogP contribution in [0.2, 0.25) is 0 Å². The first-order chi connectivity index (χ1) is 11.8. The van der Waals surface area contributed by atoms with Gasteiger partial charge < -0.3 is 15.2 Å². The molecule has 0 fully saturated rings. The second-order valence-electron chi connectivity index (χ2n) is 6.26. The maximum atomic E-state index is 9.98. The number of aliphatic hydroxyl groups is 1. The van der Waals surface area contributed by atoms with Gasteiger partial charge in [-0.25, -0.2) is 0 Å². The van der Waals surface area contributed by atoms with Crippen molar-refractivity contribution in [1.29, 1.82) is 0 Å². The molecule has 1 aliphatic rings. The quantitative estimate of drug-likeness (QED) is 0.724. The summed E-state index contributed by atoms with van der Waals surface area (Å²) in [5, 5.41) is 13.6. The Labute approximate surface area is 144 Å². The third-order valence-electron chi connectivity index (χ3n) is 4.52. The first-order valence-electron chi connectivity index (χ1n) is 8.58. The second kappa shape index (κ2) is 8.25. The Balaban J connectivity index is 1.53. The fourth-order valence-electron chi connectivity index (χ4n) is 3.31. The molecular weight excluding hydrogens is 298 g/mol. The molecule has 0 radical (unpaired) electrons. The smallest absolute Gasteiger partial charge is 0.182 e. The first-order valence-corrected chi connectivity index (χ1v) is 8.58. The summed E-state index contributed by atoms with van der Waals surface area (Å²) in [6.07, 6.45) is 3.89. The average Bonchev–Trinajstić information content (AvgIpc) is 2.93. The molecule has 0 amide bonds. The van der Waals surface area contributed by atoms with Crippen molar-refractivity contribution in [1.82, 2.24) is 5.32 Å². The van der Waals surface area contributed by atoms with Gasteiger partial charge in [-0.05, 0) is 36.9 Å². The second-order valence-corrected chi connectivity index (χ2v) is 6.26. The Bertz CT molecular complexity index is 656. The minimum atomic E-state index is -0.792. The molecule has 0 saturated heterocycles. The van der Waals surface area contributed by atoms with E-state index < -0.39 is 6.29 Å². The van der Waals surface area contributed by atoms with Crippen LogP contribution < -0.4 is 5.32 Å². The van der Waals surface area contributed by atoms with Crippen LogP contribution in [0, 0.1) is 0 Å². The standard InChI is InChI=1S/C21H25NO2/c1-2-8-17(15-16-9-4-3-5-10-16)22-14-13-20-18-11-6-7-12-19(18)21(23)24-20/h2-7,9-12,17,20-23H,1,8,13-15H2. The van der Waals surface area contributed by atoms with Crippen LogP contribution in [0.25, 0.3) is 0 Å². The average molecular weight is 323 g/mol. The van der Waals surface area contributed by atoms with Gasteiger partial charge in [0, 0.05) is 11.6 Å². The summed E-state index contributed by atoms with van der Waals surface area (Å²) in [6, 6.07) is 18.8. The van der Waals surface area contributed by atoms with E-state index in [0.717, 1.165) is 36.9 Å². The van der Waals surface area contributed by atoms with E-state index in [1.165, 1.54) is 5.56 Å². The summed E-state index contributed by atoms with van der Waals surface area (Å²) in [6.45, 7) is 4.71. The SMILES string of the molecule is C=CCC(Cc1ccccc1)NCCC1OC(O)c2ccccc21. The molecule has 2 N–H and O–H groups in total. The number of benzene rings is 2.